The summed E-state index contributed by atoms with van der Waals surface area (Å²) >= 11 is 0. The monoisotopic (exact) mass is 593 g/mol. The molecule has 2 aromatic heterocycles. The molecule has 1 aromatic carbocycles. The lowest BCUT2D eigenvalue weighted by Crippen LogP contribution is -2.44. The summed E-state index contributed by atoms with van der Waals surface area (Å²) in [4.78, 5) is 60.9. The molecular formula is C26H26F3N5O8. The van der Waals surface area contributed by atoms with Crippen molar-refractivity contribution in [2.24, 2.45) is 5.73 Å². The molecule has 42 heavy (non-hydrogen) atoms. The third kappa shape index (κ3) is 7.89. The number of alkyl carbamates (subject to hydrolysis) is 1. The van der Waals surface area contributed by atoms with Gasteiger partial charge in [-0.3, -0.25) is 14.4 Å². The zero-order chi connectivity index (χ0) is 31.0. The third-order valence-corrected chi connectivity index (χ3v) is 5.77. The van der Waals surface area contributed by atoms with E-state index in [0.717, 1.165) is 29.9 Å². The van der Waals surface area contributed by atoms with Crippen molar-refractivity contribution in [2.75, 3.05) is 19.0 Å². The van der Waals surface area contributed by atoms with Gasteiger partial charge < -0.3 is 35.5 Å². The standard InChI is InChI=1S/C26H26F3N5O8/c1-41-25(38)32-17(5-2-3-7-21(30)35)23(36)31-18-6-4-8-33(24(18)37)12-16-10-14-9-15(27)11-19(42-13-20(28)29)22(14)34(16)26(39)40/h3-4,6-11,17,20H,2,5,12-13H2,1H3,(H2,30,35)(H,31,36)(H,32,38)(H,39,40)/b7-3+/t17-/m0/s1. The van der Waals surface area contributed by atoms with E-state index < -0.39 is 60.2 Å². The molecule has 0 fully saturated rings. The first-order valence-corrected chi connectivity index (χ1v) is 12.2. The summed E-state index contributed by atoms with van der Waals surface area (Å²) in [5.41, 5.74) is 3.80. The highest BCUT2D eigenvalue weighted by Gasteiger charge is 2.23. The zero-order valence-electron chi connectivity index (χ0n) is 22.0. The smallest absolute Gasteiger partial charge is 0.416 e. The number of halogens is 3. The Morgan fingerprint density at radius 1 is 1.19 bits per heavy atom. The number of aromatic nitrogens is 2. The Labute approximate surface area is 235 Å². The van der Waals surface area contributed by atoms with Crippen LogP contribution in [0.5, 0.6) is 5.75 Å². The number of primary amides is 1. The Balaban J connectivity index is 1.92. The lowest BCUT2D eigenvalue weighted by molar-refractivity contribution is -0.118. The molecule has 3 rings (SSSR count). The van der Waals surface area contributed by atoms with Crippen LogP contribution in [0, 0.1) is 5.82 Å². The molecule has 3 amide bonds. The zero-order valence-corrected chi connectivity index (χ0v) is 22.0. The van der Waals surface area contributed by atoms with Gasteiger partial charge in [-0.15, -0.1) is 0 Å². The molecule has 5 N–H and O–H groups in total. The molecule has 0 aliphatic carbocycles. The van der Waals surface area contributed by atoms with Crippen molar-refractivity contribution in [3.05, 3.63) is 70.5 Å². The van der Waals surface area contributed by atoms with Gasteiger partial charge in [0.15, 0.2) is 0 Å². The van der Waals surface area contributed by atoms with Crippen LogP contribution < -0.4 is 26.7 Å². The Kier molecular flexibility index (Phi) is 10.3. The van der Waals surface area contributed by atoms with Crippen molar-refractivity contribution >= 4 is 40.6 Å². The number of alkyl halides is 2. The number of ether oxygens (including phenoxy) is 2. The highest BCUT2D eigenvalue weighted by molar-refractivity contribution is 5.96. The van der Waals surface area contributed by atoms with Gasteiger partial charge in [0.1, 0.15) is 35.4 Å². The average Bonchev–Trinajstić information content (AvgIpc) is 3.28. The fraction of sp³-hybridized carbons (Fsp3) is 0.269. The minimum Gasteiger partial charge on any atom is -0.485 e. The second kappa shape index (κ2) is 13.9. The van der Waals surface area contributed by atoms with Crippen LogP contribution in [-0.2, 0) is 20.9 Å². The van der Waals surface area contributed by atoms with Crippen LogP contribution in [0.3, 0.4) is 0 Å². The van der Waals surface area contributed by atoms with Crippen molar-refractivity contribution < 1.29 is 46.9 Å². The molecule has 0 bridgehead atoms. The number of rotatable bonds is 12. The molecule has 3 aromatic rings. The van der Waals surface area contributed by atoms with E-state index in [9.17, 15) is 42.3 Å². The molecule has 16 heteroatoms. The first-order valence-electron chi connectivity index (χ1n) is 12.2. The molecule has 0 aliphatic rings. The molecule has 1 atom stereocenters. The number of carbonyl (C=O) groups excluding carboxylic acids is 3. The minimum absolute atomic E-state index is 0.0109. The number of carbonyl (C=O) groups is 4. The van der Waals surface area contributed by atoms with E-state index >= 15 is 0 Å². The second-order valence-corrected chi connectivity index (χ2v) is 8.71. The lowest BCUT2D eigenvalue weighted by Gasteiger charge is -2.17. The van der Waals surface area contributed by atoms with E-state index in [1.807, 2.05) is 0 Å². The maximum Gasteiger partial charge on any atom is 0.416 e. The normalized spacial score (nSPS) is 11.9. The number of hydrogen-bond donors (Lipinski definition) is 4. The molecule has 0 unspecified atom stereocenters. The number of pyridine rings is 1. The van der Waals surface area contributed by atoms with Gasteiger partial charge in [-0.25, -0.2) is 27.3 Å². The Bertz CT molecular complexity index is 1580. The molecule has 13 nitrogen and oxygen atoms in total. The summed E-state index contributed by atoms with van der Waals surface area (Å²) in [6.07, 6.45) is -1.42. The highest BCUT2D eigenvalue weighted by atomic mass is 19.3. The van der Waals surface area contributed by atoms with Crippen molar-refractivity contribution in [2.45, 2.75) is 31.9 Å². The Hall–Kier alpha value is -5.28. The van der Waals surface area contributed by atoms with Gasteiger partial charge >= 0.3 is 12.2 Å². The maximum absolute atomic E-state index is 14.2. The van der Waals surface area contributed by atoms with Crippen LogP contribution in [0.15, 0.2) is 53.5 Å². The van der Waals surface area contributed by atoms with Gasteiger partial charge in [0.25, 0.3) is 12.0 Å². The second-order valence-electron chi connectivity index (χ2n) is 8.71. The molecular weight excluding hydrogens is 567 g/mol. The first-order chi connectivity index (χ1) is 19.9. The van der Waals surface area contributed by atoms with E-state index in [4.69, 9.17) is 10.5 Å². The number of fused-ring (bicyclic) bond motifs is 1. The van der Waals surface area contributed by atoms with Crippen LogP contribution >= 0.6 is 0 Å². The number of nitrogens with one attached hydrogen (secondary N) is 2. The minimum atomic E-state index is -2.90. The number of nitrogens with zero attached hydrogens (tertiary/aromatic N) is 2. The average molecular weight is 594 g/mol. The number of methoxy groups -OCH3 is 1. The van der Waals surface area contributed by atoms with Gasteiger partial charge in [-0.2, -0.15) is 0 Å². The van der Waals surface area contributed by atoms with Crippen LogP contribution in [-0.4, -0.2) is 64.4 Å². The summed E-state index contributed by atoms with van der Waals surface area (Å²) in [5.74, 6) is -2.78. The van der Waals surface area contributed by atoms with Crippen molar-refractivity contribution in [1.29, 1.82) is 0 Å². The first kappa shape index (κ1) is 31.3. The SMILES string of the molecule is COC(=O)N[C@@H](CC/C=C/C(N)=O)C(=O)Nc1cccn(Cc2cc3cc(F)cc(OCC(F)F)c3n2C(=O)O)c1=O. The van der Waals surface area contributed by atoms with Crippen LogP contribution in [0.4, 0.5) is 28.4 Å². The molecule has 0 saturated heterocycles. The van der Waals surface area contributed by atoms with Crippen molar-refractivity contribution in [1.82, 2.24) is 14.5 Å². The summed E-state index contributed by atoms with van der Waals surface area (Å²) in [6, 6.07) is 4.50. The fourth-order valence-corrected chi connectivity index (χ4v) is 4.01. The molecule has 0 spiro atoms. The fourth-order valence-electron chi connectivity index (χ4n) is 4.01. The summed E-state index contributed by atoms with van der Waals surface area (Å²) < 4.78 is 50.8. The molecule has 224 valence electrons. The summed E-state index contributed by atoms with van der Waals surface area (Å²) in [5, 5.41) is 14.6. The lowest BCUT2D eigenvalue weighted by atomic mass is 10.1. The molecule has 0 aliphatic heterocycles. The Morgan fingerprint density at radius 2 is 1.93 bits per heavy atom. The molecule has 0 radical (unpaired) electrons. The maximum atomic E-state index is 14.2. The molecule has 2 heterocycles. The van der Waals surface area contributed by atoms with E-state index in [2.05, 4.69) is 15.4 Å². The molecule has 0 saturated carbocycles. The van der Waals surface area contributed by atoms with E-state index in [-0.39, 0.29) is 41.7 Å². The van der Waals surface area contributed by atoms with E-state index in [0.29, 0.717) is 4.57 Å². The summed E-state index contributed by atoms with van der Waals surface area (Å²) in [6.45, 7) is -1.49. The predicted molar refractivity (Wildman–Crippen MR) is 142 cm³/mol. The number of carboxylic acid groups (broad SMARTS) is 1. The number of allylic oxidation sites excluding steroid dienone is 1. The van der Waals surface area contributed by atoms with Gasteiger partial charge in [0.05, 0.1) is 19.3 Å². The van der Waals surface area contributed by atoms with Crippen molar-refractivity contribution in [3.8, 4) is 5.75 Å². The van der Waals surface area contributed by atoms with Crippen molar-refractivity contribution in [3.63, 3.8) is 0 Å². The number of amides is 3. The topological polar surface area (TPSA) is 184 Å². The van der Waals surface area contributed by atoms with Crippen LogP contribution in [0.25, 0.3) is 10.9 Å². The van der Waals surface area contributed by atoms with Gasteiger partial charge in [-0.1, -0.05) is 6.08 Å². The Morgan fingerprint density at radius 3 is 2.57 bits per heavy atom. The van der Waals surface area contributed by atoms with Crippen LogP contribution in [0.2, 0.25) is 0 Å². The van der Waals surface area contributed by atoms with E-state index in [1.165, 1.54) is 30.5 Å². The largest absolute Gasteiger partial charge is 0.485 e. The number of anilines is 1. The third-order valence-electron chi connectivity index (χ3n) is 5.77. The summed E-state index contributed by atoms with van der Waals surface area (Å²) in [7, 11) is 1.09. The number of hydrogen-bond acceptors (Lipinski definition) is 7. The quantitative estimate of drug-likeness (QED) is 0.231. The van der Waals surface area contributed by atoms with Crippen LogP contribution in [0.1, 0.15) is 18.5 Å². The number of benzene rings is 1. The highest BCUT2D eigenvalue weighted by Crippen LogP contribution is 2.31. The van der Waals surface area contributed by atoms with Gasteiger partial charge in [0, 0.05) is 17.6 Å². The number of nitrogens with two attached hydrogens (primary N) is 1. The predicted octanol–water partition coefficient (Wildman–Crippen LogP) is 2.65. The van der Waals surface area contributed by atoms with E-state index in [1.54, 1.807) is 0 Å². The van der Waals surface area contributed by atoms with Gasteiger partial charge in [-0.05, 0) is 43.2 Å². The van der Waals surface area contributed by atoms with Gasteiger partial charge in [0.2, 0.25) is 11.8 Å².